The third kappa shape index (κ3) is 9.00. The molecule has 0 aromatic carbocycles. The number of hydrogen-bond donors (Lipinski definition) is 0. The fraction of sp³-hybridized carbons (Fsp3) is 0.562. The van der Waals surface area contributed by atoms with Gasteiger partial charge in [0.25, 0.3) is 0 Å². The van der Waals surface area contributed by atoms with Gasteiger partial charge in [-0.2, -0.15) is 31.9 Å². The summed E-state index contributed by atoms with van der Waals surface area (Å²) in [6, 6.07) is 0. The van der Waals surface area contributed by atoms with Gasteiger partial charge in [0.1, 0.15) is 0 Å². The molecule has 0 aromatic heterocycles. The Morgan fingerprint density at radius 1 is 0.824 bits per heavy atom. The van der Waals surface area contributed by atoms with E-state index in [0.717, 1.165) is 0 Å². The van der Waals surface area contributed by atoms with Crippen molar-refractivity contribution in [1.29, 1.82) is 0 Å². The number of hydrogen-bond acceptors (Lipinski definition) is 0. The fourth-order valence-corrected chi connectivity index (χ4v) is 1.41. The second kappa shape index (κ2) is 14.4. The van der Waals surface area contributed by atoms with E-state index in [9.17, 15) is 0 Å². The van der Waals surface area contributed by atoms with E-state index in [4.69, 9.17) is 0 Å². The normalized spacial score (nSPS) is 14.9. The van der Waals surface area contributed by atoms with E-state index in [1.807, 2.05) is 0 Å². The molecule has 1 aliphatic rings. The van der Waals surface area contributed by atoms with E-state index in [0.29, 0.717) is 0 Å². The molecule has 0 fully saturated rings. The van der Waals surface area contributed by atoms with Gasteiger partial charge in [0.15, 0.2) is 0 Å². The van der Waals surface area contributed by atoms with Crippen molar-refractivity contribution in [3.05, 3.63) is 43.6 Å². The summed E-state index contributed by atoms with van der Waals surface area (Å²) < 4.78 is 0. The molecular formula is C16H30Zr. The Labute approximate surface area is 130 Å². The summed E-state index contributed by atoms with van der Waals surface area (Å²) in [5.41, 5.74) is 4.39. The molecule has 0 radical (unpaired) electrons. The Balaban J connectivity index is -0.000000106. The Bertz CT molecular complexity index is 220. The van der Waals surface area contributed by atoms with E-state index in [1.54, 1.807) is 20.8 Å². The maximum atomic E-state index is 3.44. The Morgan fingerprint density at radius 2 is 1.12 bits per heavy atom. The molecule has 17 heavy (non-hydrogen) atoms. The molecule has 0 saturated heterocycles. The molecule has 0 N–H and O–H groups in total. The van der Waals surface area contributed by atoms with Crippen LogP contribution in [0.25, 0.3) is 0 Å². The van der Waals surface area contributed by atoms with Crippen molar-refractivity contribution in [3.8, 4) is 0 Å². The van der Waals surface area contributed by atoms with Gasteiger partial charge in [0.2, 0.25) is 0 Å². The number of allylic oxidation sites excluding steroid dienone is 4. The molecule has 0 aromatic rings. The quantitative estimate of drug-likeness (QED) is 0.508. The zero-order chi connectivity index (χ0) is 13.9. The first-order valence-corrected chi connectivity index (χ1v) is 5.87. The van der Waals surface area contributed by atoms with Crippen LogP contribution in [0.15, 0.2) is 16.7 Å². The summed E-state index contributed by atoms with van der Waals surface area (Å²) in [5.74, 6) is 0. The summed E-state index contributed by atoms with van der Waals surface area (Å²) in [6.07, 6.45) is 3.44. The molecule has 0 heterocycles. The SMILES string of the molecule is CC1=[C-]C(C)(C)C(C)=C1C.[CH2-]C.[CH2-]C.[CH2-]C.[Zr+4]. The third-order valence-corrected chi connectivity index (χ3v) is 2.56. The molecule has 0 bridgehead atoms. The van der Waals surface area contributed by atoms with Crippen LogP contribution in [0.3, 0.4) is 0 Å². The smallest absolute Gasteiger partial charge is 0.346 e. The van der Waals surface area contributed by atoms with Crippen molar-refractivity contribution in [2.45, 2.75) is 55.4 Å². The van der Waals surface area contributed by atoms with Crippen molar-refractivity contribution in [3.63, 3.8) is 0 Å². The molecule has 0 spiro atoms. The molecule has 0 saturated carbocycles. The van der Waals surface area contributed by atoms with Gasteiger partial charge in [-0.25, -0.2) is 5.57 Å². The monoisotopic (exact) mass is 312 g/mol. The van der Waals surface area contributed by atoms with Crippen LogP contribution in [0, 0.1) is 32.3 Å². The number of rotatable bonds is 0. The predicted octanol–water partition coefficient (Wildman–Crippen LogP) is 5.63. The van der Waals surface area contributed by atoms with Gasteiger partial charge in [-0.1, -0.05) is 33.1 Å². The molecule has 0 nitrogen and oxygen atoms in total. The van der Waals surface area contributed by atoms with Crippen molar-refractivity contribution in [1.82, 2.24) is 0 Å². The molecule has 1 aliphatic carbocycles. The van der Waals surface area contributed by atoms with Gasteiger partial charge in [-0.05, 0) is 0 Å². The maximum absolute atomic E-state index is 3.44. The second-order valence-electron chi connectivity index (χ2n) is 3.62. The molecule has 1 rings (SSSR count). The van der Waals surface area contributed by atoms with Gasteiger partial charge in [0, 0.05) is 0 Å². The minimum atomic E-state index is 0. The molecule has 0 atom stereocenters. The minimum absolute atomic E-state index is 0. The van der Waals surface area contributed by atoms with Gasteiger partial charge in [0.05, 0.1) is 0 Å². The largest absolute Gasteiger partial charge is 4.00 e. The van der Waals surface area contributed by atoms with E-state index >= 15 is 0 Å². The summed E-state index contributed by atoms with van der Waals surface area (Å²) >= 11 is 0. The van der Waals surface area contributed by atoms with E-state index in [-0.39, 0.29) is 31.6 Å². The first-order chi connectivity index (χ1) is 7.45. The minimum Gasteiger partial charge on any atom is -0.346 e. The van der Waals surface area contributed by atoms with Crippen molar-refractivity contribution < 1.29 is 26.2 Å². The van der Waals surface area contributed by atoms with Crippen LogP contribution in [-0.2, 0) is 26.2 Å². The van der Waals surface area contributed by atoms with Crippen LogP contribution in [0.1, 0.15) is 55.4 Å². The summed E-state index contributed by atoms with van der Waals surface area (Å²) in [6.45, 7) is 25.9. The average molecular weight is 314 g/mol. The topological polar surface area (TPSA) is 0 Å². The summed E-state index contributed by atoms with van der Waals surface area (Å²) in [7, 11) is 0. The van der Waals surface area contributed by atoms with Crippen LogP contribution in [-0.4, -0.2) is 0 Å². The van der Waals surface area contributed by atoms with Gasteiger partial charge < -0.3 is 20.8 Å². The Kier molecular flexibility index (Phi) is 22.1. The van der Waals surface area contributed by atoms with Crippen LogP contribution < -0.4 is 0 Å². The first kappa shape index (κ1) is 26.0. The van der Waals surface area contributed by atoms with E-state index < -0.39 is 0 Å². The Morgan fingerprint density at radius 3 is 1.18 bits per heavy atom. The molecular weight excluding hydrogens is 283 g/mol. The van der Waals surface area contributed by atoms with Gasteiger partial charge in [-0.3, -0.25) is 6.08 Å². The standard InChI is InChI=1S/C10H15.3C2H5.Zr/c1-7-6-10(4,5)9(3)8(7)2;3*1-2;/h1-5H3;3*1H2,2H3;/q4*-1;+4. The molecule has 1 heteroatoms. The zero-order valence-corrected chi connectivity index (χ0v) is 15.6. The molecule has 0 amide bonds. The summed E-state index contributed by atoms with van der Waals surface area (Å²) in [4.78, 5) is 0. The van der Waals surface area contributed by atoms with Crippen molar-refractivity contribution >= 4 is 0 Å². The fourth-order valence-electron chi connectivity index (χ4n) is 1.41. The molecule has 0 aliphatic heterocycles. The van der Waals surface area contributed by atoms with Crippen LogP contribution in [0.4, 0.5) is 0 Å². The average Bonchev–Trinajstić information content (AvgIpc) is 2.50. The molecule has 98 valence electrons. The van der Waals surface area contributed by atoms with Gasteiger partial charge in [-0.15, -0.1) is 6.92 Å². The van der Waals surface area contributed by atoms with Crippen molar-refractivity contribution in [2.75, 3.05) is 0 Å². The maximum Gasteiger partial charge on any atom is 4.00 e. The summed E-state index contributed by atoms with van der Waals surface area (Å²) in [5, 5.41) is 0. The predicted molar refractivity (Wildman–Crippen MR) is 77.7 cm³/mol. The zero-order valence-electron chi connectivity index (χ0n) is 13.1. The van der Waals surface area contributed by atoms with Gasteiger partial charge >= 0.3 is 26.2 Å². The molecule has 0 unspecified atom stereocenters. The second-order valence-corrected chi connectivity index (χ2v) is 3.62. The van der Waals surface area contributed by atoms with Crippen LogP contribution >= 0.6 is 0 Å². The van der Waals surface area contributed by atoms with E-state index in [1.165, 1.54) is 16.7 Å². The van der Waals surface area contributed by atoms with E-state index in [2.05, 4.69) is 61.5 Å². The first-order valence-electron chi connectivity index (χ1n) is 5.87. The van der Waals surface area contributed by atoms with Crippen molar-refractivity contribution in [2.24, 2.45) is 5.41 Å². The third-order valence-electron chi connectivity index (χ3n) is 2.56. The van der Waals surface area contributed by atoms with Crippen LogP contribution in [0.5, 0.6) is 0 Å². The van der Waals surface area contributed by atoms with Crippen LogP contribution in [0.2, 0.25) is 0 Å². The Hall–Kier alpha value is 0.363.